The van der Waals surface area contributed by atoms with Gasteiger partial charge in [-0.25, -0.2) is 4.58 Å². The molecule has 1 heterocycles. The molecule has 0 aromatic heterocycles. The van der Waals surface area contributed by atoms with Crippen molar-refractivity contribution in [2.75, 3.05) is 13.1 Å². The topological polar surface area (TPSA) is 3.01 Å². The smallest absolute Gasteiger partial charge is 0.175 e. The van der Waals surface area contributed by atoms with Gasteiger partial charge in [0.15, 0.2) is 5.71 Å². The first-order valence-corrected chi connectivity index (χ1v) is 4.74. The predicted molar refractivity (Wildman–Crippen MR) is 47.2 cm³/mol. The molecule has 2 rings (SSSR count). The fourth-order valence-corrected chi connectivity index (χ4v) is 1.97. The molecule has 1 saturated heterocycles. The molecule has 0 unspecified atom stereocenters. The highest BCUT2D eigenvalue weighted by molar-refractivity contribution is 5.91. The van der Waals surface area contributed by atoms with Crippen LogP contribution in [0.5, 0.6) is 0 Å². The minimum Gasteiger partial charge on any atom is -0.233 e. The minimum atomic E-state index is 1.29. The van der Waals surface area contributed by atoms with Gasteiger partial charge in [0.05, 0.1) is 0 Å². The van der Waals surface area contributed by atoms with Gasteiger partial charge < -0.3 is 0 Å². The third-order valence-electron chi connectivity index (χ3n) is 2.63. The van der Waals surface area contributed by atoms with E-state index in [1.54, 1.807) is 5.71 Å². The van der Waals surface area contributed by atoms with Crippen LogP contribution in [-0.4, -0.2) is 23.4 Å². The SMILES string of the molecule is C1=CC(=[N+]2CCCC2)CCC1. The van der Waals surface area contributed by atoms with Crippen LogP contribution in [0.25, 0.3) is 0 Å². The number of rotatable bonds is 0. The summed E-state index contributed by atoms with van der Waals surface area (Å²) in [5.74, 6) is 0. The molecule has 0 saturated carbocycles. The van der Waals surface area contributed by atoms with Gasteiger partial charge in [0.25, 0.3) is 0 Å². The maximum absolute atomic E-state index is 2.55. The van der Waals surface area contributed by atoms with Crippen LogP contribution in [0.3, 0.4) is 0 Å². The van der Waals surface area contributed by atoms with Crippen LogP contribution in [-0.2, 0) is 0 Å². The van der Waals surface area contributed by atoms with E-state index in [0.29, 0.717) is 0 Å². The Balaban J connectivity index is 2.16. The summed E-state index contributed by atoms with van der Waals surface area (Å²) in [7, 11) is 0. The van der Waals surface area contributed by atoms with E-state index in [0.717, 1.165) is 0 Å². The van der Waals surface area contributed by atoms with Crippen molar-refractivity contribution in [3.05, 3.63) is 12.2 Å². The van der Waals surface area contributed by atoms with E-state index in [9.17, 15) is 0 Å². The summed E-state index contributed by atoms with van der Waals surface area (Å²) in [5.41, 5.74) is 1.59. The first-order chi connectivity index (χ1) is 5.47. The molecule has 1 fully saturated rings. The van der Waals surface area contributed by atoms with E-state index in [2.05, 4.69) is 16.7 Å². The zero-order chi connectivity index (χ0) is 7.52. The van der Waals surface area contributed by atoms with E-state index >= 15 is 0 Å². The summed E-state index contributed by atoms with van der Waals surface area (Å²) < 4.78 is 2.55. The number of hydrogen-bond acceptors (Lipinski definition) is 0. The fraction of sp³-hybridized carbons (Fsp3) is 0.700. The Bertz CT molecular complexity index is 193. The maximum Gasteiger partial charge on any atom is 0.175 e. The molecule has 0 aromatic carbocycles. The molecule has 0 amide bonds. The van der Waals surface area contributed by atoms with Crippen LogP contribution in [0.4, 0.5) is 0 Å². The first-order valence-electron chi connectivity index (χ1n) is 4.74. The lowest BCUT2D eigenvalue weighted by atomic mass is 10.1. The van der Waals surface area contributed by atoms with Gasteiger partial charge >= 0.3 is 0 Å². The van der Waals surface area contributed by atoms with Gasteiger partial charge in [-0.1, -0.05) is 6.08 Å². The Labute approximate surface area is 68.4 Å². The number of nitrogens with zero attached hydrogens (tertiary/aromatic N) is 1. The molecule has 0 radical (unpaired) electrons. The first kappa shape index (κ1) is 7.08. The van der Waals surface area contributed by atoms with E-state index in [1.165, 1.54) is 45.2 Å². The van der Waals surface area contributed by atoms with Crippen molar-refractivity contribution in [1.29, 1.82) is 0 Å². The highest BCUT2D eigenvalue weighted by Crippen LogP contribution is 2.10. The van der Waals surface area contributed by atoms with Gasteiger partial charge in [-0.05, 0) is 12.8 Å². The summed E-state index contributed by atoms with van der Waals surface area (Å²) in [6, 6.07) is 0. The van der Waals surface area contributed by atoms with Crippen LogP contribution < -0.4 is 0 Å². The summed E-state index contributed by atoms with van der Waals surface area (Å²) in [6.07, 6.45) is 11.4. The standard InChI is InChI=1S/C10H16N/c1-2-6-10(7-3-1)11-8-4-5-9-11/h2,6H,1,3-5,7-9H2/q+1. The third kappa shape index (κ3) is 1.52. The molecule has 0 atom stereocenters. The lowest BCUT2D eigenvalue weighted by Gasteiger charge is -2.04. The molecule has 11 heavy (non-hydrogen) atoms. The van der Waals surface area contributed by atoms with Gasteiger partial charge in [0.2, 0.25) is 0 Å². The lowest BCUT2D eigenvalue weighted by Crippen LogP contribution is -2.17. The van der Waals surface area contributed by atoms with E-state index in [4.69, 9.17) is 0 Å². The van der Waals surface area contributed by atoms with E-state index in [-0.39, 0.29) is 0 Å². The molecular formula is C10H16N+. The molecule has 0 spiro atoms. The van der Waals surface area contributed by atoms with Crippen molar-refractivity contribution < 1.29 is 4.58 Å². The van der Waals surface area contributed by atoms with Gasteiger partial charge in [-0.3, -0.25) is 0 Å². The normalized spacial score (nSPS) is 24.7. The molecule has 1 nitrogen and oxygen atoms in total. The minimum absolute atomic E-state index is 1.29. The Hall–Kier alpha value is -0.590. The fourth-order valence-electron chi connectivity index (χ4n) is 1.97. The van der Waals surface area contributed by atoms with Crippen molar-refractivity contribution in [2.45, 2.75) is 32.1 Å². The second kappa shape index (κ2) is 3.21. The van der Waals surface area contributed by atoms with Crippen LogP contribution >= 0.6 is 0 Å². The monoisotopic (exact) mass is 150 g/mol. The number of allylic oxidation sites excluding steroid dienone is 2. The maximum atomic E-state index is 2.55. The molecule has 60 valence electrons. The zero-order valence-corrected chi connectivity index (χ0v) is 7.05. The number of hydrogen-bond donors (Lipinski definition) is 0. The van der Waals surface area contributed by atoms with Crippen LogP contribution in [0, 0.1) is 0 Å². The predicted octanol–water partition coefficient (Wildman–Crippen LogP) is 1.97. The molecule has 0 aromatic rings. The van der Waals surface area contributed by atoms with Gasteiger partial charge in [0, 0.05) is 25.3 Å². The van der Waals surface area contributed by atoms with E-state index < -0.39 is 0 Å². The average molecular weight is 150 g/mol. The molecule has 0 N–H and O–H groups in total. The second-order valence-corrected chi connectivity index (χ2v) is 3.48. The molecule has 1 heteroatoms. The largest absolute Gasteiger partial charge is 0.233 e. The van der Waals surface area contributed by atoms with Gasteiger partial charge in [-0.2, -0.15) is 0 Å². The Morgan fingerprint density at radius 1 is 1.09 bits per heavy atom. The highest BCUT2D eigenvalue weighted by Gasteiger charge is 2.18. The quantitative estimate of drug-likeness (QED) is 0.464. The zero-order valence-electron chi connectivity index (χ0n) is 7.05. The second-order valence-electron chi connectivity index (χ2n) is 3.48. The Morgan fingerprint density at radius 3 is 2.55 bits per heavy atom. The Morgan fingerprint density at radius 2 is 1.91 bits per heavy atom. The van der Waals surface area contributed by atoms with Gasteiger partial charge in [-0.15, -0.1) is 0 Å². The molecule has 0 bridgehead atoms. The average Bonchev–Trinajstić information content (AvgIpc) is 2.58. The highest BCUT2D eigenvalue weighted by atomic mass is 15.0. The van der Waals surface area contributed by atoms with Crippen molar-refractivity contribution >= 4 is 5.71 Å². The van der Waals surface area contributed by atoms with Crippen molar-refractivity contribution in [3.8, 4) is 0 Å². The summed E-state index contributed by atoms with van der Waals surface area (Å²) in [4.78, 5) is 0. The summed E-state index contributed by atoms with van der Waals surface area (Å²) >= 11 is 0. The van der Waals surface area contributed by atoms with Crippen molar-refractivity contribution in [1.82, 2.24) is 0 Å². The van der Waals surface area contributed by atoms with Gasteiger partial charge in [0.1, 0.15) is 13.1 Å². The molecule has 1 aliphatic carbocycles. The van der Waals surface area contributed by atoms with Crippen molar-refractivity contribution in [3.63, 3.8) is 0 Å². The van der Waals surface area contributed by atoms with Crippen LogP contribution in [0.2, 0.25) is 0 Å². The van der Waals surface area contributed by atoms with Crippen LogP contribution in [0.1, 0.15) is 32.1 Å². The van der Waals surface area contributed by atoms with Crippen molar-refractivity contribution in [2.24, 2.45) is 0 Å². The summed E-state index contributed by atoms with van der Waals surface area (Å²) in [5, 5.41) is 0. The van der Waals surface area contributed by atoms with E-state index in [1.807, 2.05) is 0 Å². The Kier molecular flexibility index (Phi) is 2.06. The molecular weight excluding hydrogens is 134 g/mol. The van der Waals surface area contributed by atoms with Crippen LogP contribution in [0.15, 0.2) is 12.2 Å². The summed E-state index contributed by atoms with van der Waals surface area (Å²) in [6.45, 7) is 2.61. The molecule has 1 aliphatic heterocycles. The lowest BCUT2D eigenvalue weighted by molar-refractivity contribution is -0.506. The molecule has 2 aliphatic rings. The third-order valence-corrected chi connectivity index (χ3v) is 2.63.